The number of nitrogens with zero attached hydrogens (tertiary/aromatic N) is 1. The zero-order valence-corrected chi connectivity index (χ0v) is 19.6. The molecule has 0 bridgehead atoms. The van der Waals surface area contributed by atoms with Crippen molar-refractivity contribution in [1.29, 1.82) is 0 Å². The van der Waals surface area contributed by atoms with Crippen LogP contribution in [0.25, 0.3) is 10.9 Å². The summed E-state index contributed by atoms with van der Waals surface area (Å²) >= 11 is 0. The number of unbranched alkanes of at least 4 members (excludes halogenated alkanes) is 2. The Morgan fingerprint density at radius 1 is 1.06 bits per heavy atom. The lowest BCUT2D eigenvalue weighted by Crippen LogP contribution is -2.37. The molecular formula is C26H31N3O4. The van der Waals surface area contributed by atoms with E-state index in [0.717, 1.165) is 41.3 Å². The lowest BCUT2D eigenvalue weighted by atomic mass is 10.1. The number of methoxy groups -OCH3 is 1. The van der Waals surface area contributed by atoms with E-state index in [0.29, 0.717) is 23.8 Å². The Morgan fingerprint density at radius 2 is 1.88 bits per heavy atom. The molecule has 2 amide bonds. The number of rotatable bonds is 9. The highest BCUT2D eigenvalue weighted by Crippen LogP contribution is 2.30. The van der Waals surface area contributed by atoms with Crippen LogP contribution in [0.4, 0.5) is 5.69 Å². The van der Waals surface area contributed by atoms with Crippen molar-refractivity contribution in [1.82, 2.24) is 10.3 Å². The van der Waals surface area contributed by atoms with Gasteiger partial charge in [-0.3, -0.25) is 14.6 Å². The van der Waals surface area contributed by atoms with Gasteiger partial charge in [-0.15, -0.1) is 0 Å². The highest BCUT2D eigenvalue weighted by molar-refractivity contribution is 6.40. The molecule has 1 atom stereocenters. The lowest BCUT2D eigenvalue weighted by molar-refractivity contribution is -0.136. The van der Waals surface area contributed by atoms with Gasteiger partial charge in [-0.1, -0.05) is 31.9 Å². The SMILES string of the molecule is CCCCCOc1ccc(C(C)NC(=O)C(=O)Nc2ccc(C)c3ncccc23)cc1OC. The van der Waals surface area contributed by atoms with Gasteiger partial charge < -0.3 is 20.1 Å². The van der Waals surface area contributed by atoms with Crippen molar-refractivity contribution in [2.45, 2.75) is 46.1 Å². The zero-order valence-electron chi connectivity index (χ0n) is 19.6. The first-order valence-electron chi connectivity index (χ1n) is 11.2. The van der Waals surface area contributed by atoms with Crippen LogP contribution >= 0.6 is 0 Å². The van der Waals surface area contributed by atoms with Crippen LogP contribution in [0.3, 0.4) is 0 Å². The summed E-state index contributed by atoms with van der Waals surface area (Å²) in [5.74, 6) is -0.209. The van der Waals surface area contributed by atoms with Crippen molar-refractivity contribution in [3.63, 3.8) is 0 Å². The van der Waals surface area contributed by atoms with E-state index >= 15 is 0 Å². The standard InChI is InChI=1S/C26H31N3O4/c1-5-6-7-15-33-22-13-11-19(16-23(22)32-4)18(3)28-25(30)26(31)29-21-12-10-17(2)24-20(21)9-8-14-27-24/h8-14,16,18H,5-7,15H2,1-4H3,(H,28,30)(H,29,31). The molecule has 33 heavy (non-hydrogen) atoms. The molecule has 0 aliphatic carbocycles. The second-order valence-corrected chi connectivity index (χ2v) is 7.94. The van der Waals surface area contributed by atoms with Gasteiger partial charge in [0, 0.05) is 11.6 Å². The number of nitrogens with one attached hydrogen (secondary N) is 2. The fraction of sp³-hybridized carbons (Fsp3) is 0.346. The van der Waals surface area contributed by atoms with Crippen molar-refractivity contribution in [2.75, 3.05) is 19.0 Å². The van der Waals surface area contributed by atoms with E-state index in [1.807, 2.05) is 44.2 Å². The molecule has 0 aliphatic heterocycles. The predicted octanol–water partition coefficient (Wildman–Crippen LogP) is 4.94. The van der Waals surface area contributed by atoms with Crippen molar-refractivity contribution in [3.8, 4) is 11.5 Å². The summed E-state index contributed by atoms with van der Waals surface area (Å²) in [7, 11) is 1.58. The average Bonchev–Trinajstić information content (AvgIpc) is 2.83. The van der Waals surface area contributed by atoms with E-state index in [9.17, 15) is 9.59 Å². The maximum absolute atomic E-state index is 12.6. The topological polar surface area (TPSA) is 89.5 Å². The fourth-order valence-electron chi connectivity index (χ4n) is 3.55. The number of carbonyl (C=O) groups excluding carboxylic acids is 2. The number of hydrogen-bond donors (Lipinski definition) is 2. The highest BCUT2D eigenvalue weighted by atomic mass is 16.5. The molecule has 0 fully saturated rings. The van der Waals surface area contributed by atoms with Gasteiger partial charge in [-0.05, 0) is 61.7 Å². The van der Waals surface area contributed by atoms with E-state index in [4.69, 9.17) is 9.47 Å². The molecule has 0 radical (unpaired) electrons. The summed E-state index contributed by atoms with van der Waals surface area (Å²) in [5, 5.41) is 6.22. The predicted molar refractivity (Wildman–Crippen MR) is 130 cm³/mol. The molecule has 2 aromatic carbocycles. The number of hydrogen-bond acceptors (Lipinski definition) is 5. The van der Waals surface area contributed by atoms with Gasteiger partial charge in [0.15, 0.2) is 11.5 Å². The number of fused-ring (bicyclic) bond motifs is 1. The van der Waals surface area contributed by atoms with E-state index in [1.54, 1.807) is 25.4 Å². The molecule has 3 rings (SSSR count). The second-order valence-electron chi connectivity index (χ2n) is 7.94. The van der Waals surface area contributed by atoms with Crippen LogP contribution in [-0.4, -0.2) is 30.5 Å². The smallest absolute Gasteiger partial charge is 0.313 e. The Kier molecular flexibility index (Phi) is 8.24. The van der Waals surface area contributed by atoms with Crippen LogP contribution in [0, 0.1) is 6.92 Å². The van der Waals surface area contributed by atoms with E-state index < -0.39 is 17.9 Å². The zero-order chi connectivity index (χ0) is 23.8. The Hall–Kier alpha value is -3.61. The molecule has 1 unspecified atom stereocenters. The highest BCUT2D eigenvalue weighted by Gasteiger charge is 2.19. The molecule has 7 heteroatoms. The summed E-state index contributed by atoms with van der Waals surface area (Å²) in [6, 6.07) is 12.4. The van der Waals surface area contributed by atoms with Crippen LogP contribution in [0.2, 0.25) is 0 Å². The van der Waals surface area contributed by atoms with Gasteiger partial charge in [0.2, 0.25) is 0 Å². The second kappa shape index (κ2) is 11.3. The van der Waals surface area contributed by atoms with Crippen LogP contribution < -0.4 is 20.1 Å². The van der Waals surface area contributed by atoms with Gasteiger partial charge in [0.05, 0.1) is 31.0 Å². The normalized spacial score (nSPS) is 11.6. The third-order valence-corrected chi connectivity index (χ3v) is 5.47. The Morgan fingerprint density at radius 3 is 2.64 bits per heavy atom. The first kappa shape index (κ1) is 24.0. The Bertz CT molecular complexity index is 1130. The molecule has 0 saturated carbocycles. The van der Waals surface area contributed by atoms with Crippen molar-refractivity contribution >= 4 is 28.4 Å². The largest absolute Gasteiger partial charge is 0.493 e. The first-order chi connectivity index (χ1) is 15.9. The maximum Gasteiger partial charge on any atom is 0.313 e. The van der Waals surface area contributed by atoms with E-state index in [-0.39, 0.29) is 0 Å². The number of aryl methyl sites for hydroxylation is 1. The van der Waals surface area contributed by atoms with Crippen LogP contribution in [0.15, 0.2) is 48.7 Å². The summed E-state index contributed by atoms with van der Waals surface area (Å²) < 4.78 is 11.3. The van der Waals surface area contributed by atoms with Crippen LogP contribution in [0.1, 0.15) is 50.3 Å². The molecule has 0 spiro atoms. The molecule has 7 nitrogen and oxygen atoms in total. The van der Waals surface area contributed by atoms with Crippen LogP contribution in [0.5, 0.6) is 11.5 Å². The lowest BCUT2D eigenvalue weighted by Gasteiger charge is -2.17. The van der Waals surface area contributed by atoms with Gasteiger partial charge in [0.1, 0.15) is 0 Å². The summed E-state index contributed by atoms with van der Waals surface area (Å²) in [6.45, 7) is 6.53. The monoisotopic (exact) mass is 449 g/mol. The number of aromatic nitrogens is 1. The van der Waals surface area contributed by atoms with Gasteiger partial charge in [-0.2, -0.15) is 0 Å². The molecule has 0 saturated heterocycles. The van der Waals surface area contributed by atoms with E-state index in [1.165, 1.54) is 0 Å². The minimum Gasteiger partial charge on any atom is -0.493 e. The number of ether oxygens (including phenoxy) is 2. The maximum atomic E-state index is 12.6. The number of amides is 2. The van der Waals surface area contributed by atoms with Gasteiger partial charge in [0.25, 0.3) is 0 Å². The first-order valence-corrected chi connectivity index (χ1v) is 11.2. The molecule has 2 N–H and O–H groups in total. The number of pyridine rings is 1. The molecule has 174 valence electrons. The van der Waals surface area contributed by atoms with Gasteiger partial charge in [-0.25, -0.2) is 0 Å². The quantitative estimate of drug-likeness (QED) is 0.357. The molecule has 0 aliphatic rings. The third-order valence-electron chi connectivity index (χ3n) is 5.47. The molecule has 3 aromatic rings. The van der Waals surface area contributed by atoms with E-state index in [2.05, 4.69) is 22.5 Å². The summed E-state index contributed by atoms with van der Waals surface area (Å²) in [5.41, 5.74) is 3.13. The van der Waals surface area contributed by atoms with Crippen molar-refractivity contribution in [3.05, 3.63) is 59.8 Å². The Balaban J connectivity index is 1.65. The Labute approximate surface area is 194 Å². The minimum absolute atomic E-state index is 0.400. The molecule has 1 aromatic heterocycles. The van der Waals surface area contributed by atoms with Gasteiger partial charge >= 0.3 is 11.8 Å². The summed E-state index contributed by atoms with van der Waals surface area (Å²) in [4.78, 5) is 29.5. The fourth-order valence-corrected chi connectivity index (χ4v) is 3.55. The third kappa shape index (κ3) is 6.00. The molecule has 1 heterocycles. The van der Waals surface area contributed by atoms with Crippen molar-refractivity contribution in [2.24, 2.45) is 0 Å². The van der Waals surface area contributed by atoms with Crippen molar-refractivity contribution < 1.29 is 19.1 Å². The number of anilines is 1. The number of benzene rings is 2. The molecular weight excluding hydrogens is 418 g/mol. The summed E-state index contributed by atoms with van der Waals surface area (Å²) in [6.07, 6.45) is 4.92. The average molecular weight is 450 g/mol. The number of carbonyl (C=O) groups is 2. The minimum atomic E-state index is -0.737. The van der Waals surface area contributed by atoms with Crippen LogP contribution in [-0.2, 0) is 9.59 Å².